The van der Waals surface area contributed by atoms with Crippen molar-refractivity contribution >= 4 is 23.0 Å². The van der Waals surface area contributed by atoms with Gasteiger partial charge in [-0.2, -0.15) is 5.10 Å². The van der Waals surface area contributed by atoms with E-state index in [0.29, 0.717) is 12.2 Å². The van der Waals surface area contributed by atoms with Crippen molar-refractivity contribution in [1.29, 1.82) is 0 Å². The van der Waals surface area contributed by atoms with Gasteiger partial charge in [-0.05, 0) is 42.3 Å². The summed E-state index contributed by atoms with van der Waals surface area (Å²) in [4.78, 5) is 12.4. The number of fused-ring (bicyclic) bond motifs is 1. The number of para-hydroxylation sites is 1. The summed E-state index contributed by atoms with van der Waals surface area (Å²) in [5, 5.41) is 5.29. The van der Waals surface area contributed by atoms with Gasteiger partial charge in [0, 0.05) is 34.8 Å². The maximum Gasteiger partial charge on any atom is 0.271 e. The topological polar surface area (TPSA) is 55.6 Å². The third-order valence-corrected chi connectivity index (χ3v) is 5.27. The molecule has 162 valence electrons. The number of rotatable bonds is 9. The van der Waals surface area contributed by atoms with Gasteiger partial charge in [-0.1, -0.05) is 61.9 Å². The van der Waals surface area contributed by atoms with Gasteiger partial charge in [-0.25, -0.2) is 5.43 Å². The van der Waals surface area contributed by atoms with Gasteiger partial charge in [0.25, 0.3) is 5.91 Å². The van der Waals surface area contributed by atoms with Crippen molar-refractivity contribution in [2.24, 2.45) is 5.10 Å². The van der Waals surface area contributed by atoms with E-state index in [2.05, 4.69) is 52.5 Å². The number of hydrogen-bond acceptors (Lipinski definition) is 3. The first-order valence-electron chi connectivity index (χ1n) is 10.9. The van der Waals surface area contributed by atoms with Crippen molar-refractivity contribution < 1.29 is 9.53 Å². The molecule has 0 unspecified atom stereocenters. The SMILES string of the molecule is CCCCOc1ccc(C(=O)N/N=C\c2cn(Cc3ccccc3)c3ccccc23)cc1. The normalized spacial score (nSPS) is 11.2. The van der Waals surface area contributed by atoms with Gasteiger partial charge < -0.3 is 9.30 Å². The first-order chi connectivity index (χ1) is 15.7. The molecule has 0 spiro atoms. The highest BCUT2D eigenvalue weighted by Crippen LogP contribution is 2.21. The van der Waals surface area contributed by atoms with E-state index in [1.165, 1.54) is 5.56 Å². The summed E-state index contributed by atoms with van der Waals surface area (Å²) in [6.45, 7) is 3.58. The second-order valence-corrected chi connectivity index (χ2v) is 7.64. The Hall–Kier alpha value is -3.86. The first kappa shape index (κ1) is 21.4. The molecule has 0 saturated carbocycles. The van der Waals surface area contributed by atoms with E-state index in [-0.39, 0.29) is 5.91 Å². The molecular formula is C27H27N3O2. The number of benzene rings is 3. The number of nitrogens with one attached hydrogen (secondary N) is 1. The summed E-state index contributed by atoms with van der Waals surface area (Å²) in [5.74, 6) is 0.513. The third kappa shape index (κ3) is 5.24. The quantitative estimate of drug-likeness (QED) is 0.215. The van der Waals surface area contributed by atoms with Crippen LogP contribution < -0.4 is 10.2 Å². The number of ether oxygens (including phenoxy) is 1. The minimum atomic E-state index is -0.255. The minimum absolute atomic E-state index is 0.255. The smallest absolute Gasteiger partial charge is 0.271 e. The van der Waals surface area contributed by atoms with Gasteiger partial charge in [-0.3, -0.25) is 4.79 Å². The van der Waals surface area contributed by atoms with Gasteiger partial charge in [-0.15, -0.1) is 0 Å². The average Bonchev–Trinajstić information content (AvgIpc) is 3.18. The Bertz CT molecular complexity index is 1190. The van der Waals surface area contributed by atoms with Crippen LogP contribution in [0.4, 0.5) is 0 Å². The molecule has 3 aromatic carbocycles. The Morgan fingerprint density at radius 2 is 1.75 bits per heavy atom. The summed E-state index contributed by atoms with van der Waals surface area (Å²) in [7, 11) is 0. The Morgan fingerprint density at radius 3 is 2.53 bits per heavy atom. The van der Waals surface area contributed by atoms with Crippen LogP contribution in [0.25, 0.3) is 10.9 Å². The van der Waals surface area contributed by atoms with Crippen LogP contribution in [0.15, 0.2) is 90.2 Å². The molecule has 32 heavy (non-hydrogen) atoms. The predicted molar refractivity (Wildman–Crippen MR) is 129 cm³/mol. The molecule has 0 bridgehead atoms. The molecule has 1 heterocycles. The fraction of sp³-hybridized carbons (Fsp3) is 0.185. The zero-order chi connectivity index (χ0) is 22.2. The number of nitrogens with zero attached hydrogens (tertiary/aromatic N) is 2. The predicted octanol–water partition coefficient (Wildman–Crippen LogP) is 5.63. The Kier molecular flexibility index (Phi) is 6.98. The molecule has 0 aliphatic carbocycles. The number of unbranched alkanes of at least 4 members (excludes halogenated alkanes) is 1. The van der Waals surface area contributed by atoms with E-state index in [1.54, 1.807) is 18.3 Å². The molecule has 0 fully saturated rings. The zero-order valence-corrected chi connectivity index (χ0v) is 18.2. The van der Waals surface area contributed by atoms with Crippen LogP contribution in [-0.4, -0.2) is 23.3 Å². The van der Waals surface area contributed by atoms with E-state index >= 15 is 0 Å². The van der Waals surface area contributed by atoms with Gasteiger partial charge in [0.2, 0.25) is 0 Å². The van der Waals surface area contributed by atoms with E-state index in [0.717, 1.165) is 41.6 Å². The minimum Gasteiger partial charge on any atom is -0.494 e. The van der Waals surface area contributed by atoms with Crippen molar-refractivity contribution in [1.82, 2.24) is 9.99 Å². The second-order valence-electron chi connectivity index (χ2n) is 7.64. The van der Waals surface area contributed by atoms with Gasteiger partial charge in [0.1, 0.15) is 5.75 Å². The average molecular weight is 426 g/mol. The lowest BCUT2D eigenvalue weighted by Gasteiger charge is -2.05. The highest BCUT2D eigenvalue weighted by atomic mass is 16.5. The molecule has 5 nitrogen and oxygen atoms in total. The number of aromatic nitrogens is 1. The van der Waals surface area contributed by atoms with Crippen LogP contribution in [0, 0.1) is 0 Å². The summed E-state index contributed by atoms with van der Waals surface area (Å²) in [6, 6.07) is 25.7. The molecule has 1 aromatic heterocycles. The third-order valence-electron chi connectivity index (χ3n) is 5.27. The Balaban J connectivity index is 1.44. The van der Waals surface area contributed by atoms with Crippen molar-refractivity contribution in [2.75, 3.05) is 6.61 Å². The number of carbonyl (C=O) groups excluding carboxylic acids is 1. The molecule has 1 N–H and O–H groups in total. The fourth-order valence-corrected chi connectivity index (χ4v) is 3.55. The van der Waals surface area contributed by atoms with Gasteiger partial charge >= 0.3 is 0 Å². The van der Waals surface area contributed by atoms with Gasteiger partial charge in [0.15, 0.2) is 0 Å². The second kappa shape index (κ2) is 10.4. The van der Waals surface area contributed by atoms with Crippen molar-refractivity contribution in [3.63, 3.8) is 0 Å². The maximum atomic E-state index is 12.4. The molecule has 0 radical (unpaired) electrons. The maximum absolute atomic E-state index is 12.4. The lowest BCUT2D eigenvalue weighted by atomic mass is 10.2. The largest absolute Gasteiger partial charge is 0.494 e. The molecule has 1 amide bonds. The summed E-state index contributed by atoms with van der Waals surface area (Å²) >= 11 is 0. The van der Waals surface area contributed by atoms with Crippen LogP contribution in [0.3, 0.4) is 0 Å². The molecule has 4 rings (SSSR count). The van der Waals surface area contributed by atoms with Crippen LogP contribution in [0.2, 0.25) is 0 Å². The highest BCUT2D eigenvalue weighted by Gasteiger charge is 2.08. The summed E-state index contributed by atoms with van der Waals surface area (Å²) < 4.78 is 7.84. The Morgan fingerprint density at radius 1 is 1.00 bits per heavy atom. The monoisotopic (exact) mass is 425 g/mol. The molecule has 5 heteroatoms. The number of carbonyl (C=O) groups is 1. The molecule has 0 aliphatic rings. The molecule has 0 atom stereocenters. The van der Waals surface area contributed by atoms with Crippen LogP contribution in [0.1, 0.15) is 41.3 Å². The van der Waals surface area contributed by atoms with Crippen LogP contribution in [0.5, 0.6) is 5.75 Å². The van der Waals surface area contributed by atoms with E-state index in [1.807, 2.05) is 42.5 Å². The first-order valence-corrected chi connectivity index (χ1v) is 10.9. The molecule has 0 aliphatic heterocycles. The Labute approximate surface area is 188 Å². The van der Waals surface area contributed by atoms with Crippen molar-refractivity contribution in [3.8, 4) is 5.75 Å². The van der Waals surface area contributed by atoms with Crippen molar-refractivity contribution in [2.45, 2.75) is 26.3 Å². The molecule has 0 saturated heterocycles. The van der Waals surface area contributed by atoms with E-state index < -0.39 is 0 Å². The fourth-order valence-electron chi connectivity index (χ4n) is 3.55. The van der Waals surface area contributed by atoms with Crippen LogP contribution in [-0.2, 0) is 6.54 Å². The van der Waals surface area contributed by atoms with E-state index in [4.69, 9.17) is 4.74 Å². The summed E-state index contributed by atoms with van der Waals surface area (Å²) in [5.41, 5.74) is 6.47. The number of hydrazone groups is 1. The van der Waals surface area contributed by atoms with E-state index in [9.17, 15) is 4.79 Å². The zero-order valence-electron chi connectivity index (χ0n) is 18.2. The lowest BCUT2D eigenvalue weighted by Crippen LogP contribution is -2.17. The van der Waals surface area contributed by atoms with Crippen molar-refractivity contribution in [3.05, 3.63) is 102 Å². The number of amides is 1. The molecular weight excluding hydrogens is 398 g/mol. The van der Waals surface area contributed by atoms with Gasteiger partial charge in [0.05, 0.1) is 12.8 Å². The lowest BCUT2D eigenvalue weighted by molar-refractivity contribution is 0.0955. The van der Waals surface area contributed by atoms with Crippen LogP contribution >= 0.6 is 0 Å². The molecule has 4 aromatic rings. The standard InChI is InChI=1S/C27H27N3O2/c1-2-3-17-32-24-15-13-22(14-16-24)27(31)29-28-18-23-20-30(19-21-9-5-4-6-10-21)26-12-8-7-11-25(23)26/h4-16,18,20H,2-3,17,19H2,1H3,(H,29,31)/b28-18-. The highest BCUT2D eigenvalue weighted by molar-refractivity contribution is 6.00. The summed E-state index contributed by atoms with van der Waals surface area (Å²) in [6.07, 6.45) is 5.86. The number of hydrogen-bond donors (Lipinski definition) is 1.